The van der Waals surface area contributed by atoms with Gasteiger partial charge in [0, 0.05) is 24.4 Å². The number of nitrogens with zero attached hydrogens (tertiary/aromatic N) is 2. The van der Waals surface area contributed by atoms with Crippen molar-refractivity contribution in [3.8, 4) is 0 Å². The van der Waals surface area contributed by atoms with Crippen LogP contribution >= 0.6 is 11.3 Å². The maximum Gasteiger partial charge on any atom is 0.175 e. The molecule has 120 valence electrons. The highest BCUT2D eigenvalue weighted by Gasteiger charge is 2.25. The van der Waals surface area contributed by atoms with Crippen molar-refractivity contribution in [2.24, 2.45) is 0 Å². The summed E-state index contributed by atoms with van der Waals surface area (Å²) in [5, 5.41) is 13.6. The Balaban J connectivity index is 2.09. The van der Waals surface area contributed by atoms with Gasteiger partial charge in [-0.25, -0.2) is 13.4 Å². The molecule has 1 atom stereocenters. The molecule has 1 N–H and O–H groups in total. The molecule has 0 saturated heterocycles. The number of thiazole rings is 1. The Kier molecular flexibility index (Phi) is 5.01. The third kappa shape index (κ3) is 4.36. The number of aliphatic hydroxyl groups is 1. The molecule has 0 aliphatic heterocycles. The van der Waals surface area contributed by atoms with Crippen molar-refractivity contribution < 1.29 is 13.5 Å². The molecule has 0 bridgehead atoms. The summed E-state index contributed by atoms with van der Waals surface area (Å²) in [5.74, 6) is 0. The van der Waals surface area contributed by atoms with Gasteiger partial charge >= 0.3 is 0 Å². The topological polar surface area (TPSA) is 70.5 Å². The van der Waals surface area contributed by atoms with E-state index in [2.05, 4.69) is 4.98 Å². The molecule has 1 aromatic heterocycles. The van der Waals surface area contributed by atoms with Crippen molar-refractivity contribution in [1.29, 1.82) is 0 Å². The van der Waals surface area contributed by atoms with Gasteiger partial charge in [-0.3, -0.25) is 4.90 Å². The summed E-state index contributed by atoms with van der Waals surface area (Å²) in [6.45, 7) is 2.81. The molecule has 1 heterocycles. The molecule has 7 heteroatoms. The van der Waals surface area contributed by atoms with Crippen molar-refractivity contribution in [2.45, 2.75) is 24.0 Å². The fraction of sp³-hybridized carbons (Fsp3) is 0.400. The first-order valence-corrected chi connectivity index (χ1v) is 9.55. The summed E-state index contributed by atoms with van der Waals surface area (Å²) in [6, 6.07) is 6.38. The fourth-order valence-electron chi connectivity index (χ4n) is 2.30. The Morgan fingerprint density at radius 1 is 1.32 bits per heavy atom. The highest BCUT2D eigenvalue weighted by Crippen LogP contribution is 2.24. The Labute approximate surface area is 135 Å². The fourth-order valence-corrected chi connectivity index (χ4v) is 3.62. The second kappa shape index (κ2) is 6.45. The second-order valence-electron chi connectivity index (χ2n) is 5.67. The van der Waals surface area contributed by atoms with Crippen LogP contribution in [0.5, 0.6) is 0 Å². The molecule has 0 spiro atoms. The minimum atomic E-state index is -3.22. The van der Waals surface area contributed by atoms with E-state index >= 15 is 0 Å². The van der Waals surface area contributed by atoms with Crippen LogP contribution in [0.1, 0.15) is 17.5 Å². The van der Waals surface area contributed by atoms with Crippen LogP contribution in [0.4, 0.5) is 0 Å². The van der Waals surface area contributed by atoms with Crippen molar-refractivity contribution >= 4 is 21.2 Å². The van der Waals surface area contributed by atoms with Crippen LogP contribution in [-0.2, 0) is 22.0 Å². The molecule has 0 saturated carbocycles. The summed E-state index contributed by atoms with van der Waals surface area (Å²) in [7, 11) is -1.30. The third-order valence-electron chi connectivity index (χ3n) is 3.37. The molecule has 1 aromatic carbocycles. The van der Waals surface area contributed by atoms with E-state index in [0.717, 1.165) is 5.01 Å². The molecular weight excluding hydrogens is 320 g/mol. The lowest BCUT2D eigenvalue weighted by Gasteiger charge is -2.29. The molecule has 0 radical (unpaired) electrons. The standard InChI is InChI=1S/C15H20N2O3S2/c1-15(18,11-17(2)10-14-16-8-9-21-14)12-4-6-13(7-5-12)22(3,19)20/h4-9,18H,10-11H2,1-3H3. The summed E-state index contributed by atoms with van der Waals surface area (Å²) in [4.78, 5) is 6.47. The van der Waals surface area contributed by atoms with E-state index in [1.807, 2.05) is 17.3 Å². The zero-order valence-corrected chi connectivity index (χ0v) is 14.5. The van der Waals surface area contributed by atoms with Gasteiger partial charge < -0.3 is 5.11 Å². The maximum absolute atomic E-state index is 11.5. The lowest BCUT2D eigenvalue weighted by Crippen LogP contribution is -2.36. The molecular formula is C15H20N2O3S2. The molecule has 2 aromatic rings. The van der Waals surface area contributed by atoms with Gasteiger partial charge in [0.05, 0.1) is 17.0 Å². The number of hydrogen-bond donors (Lipinski definition) is 1. The van der Waals surface area contributed by atoms with Gasteiger partial charge in [-0.1, -0.05) is 12.1 Å². The Bertz CT molecular complexity index is 708. The molecule has 0 aliphatic carbocycles. The van der Waals surface area contributed by atoms with Crippen LogP contribution in [0.2, 0.25) is 0 Å². The Hall–Kier alpha value is -1.28. The minimum Gasteiger partial charge on any atom is -0.384 e. The van der Waals surface area contributed by atoms with Crippen LogP contribution in [0, 0.1) is 0 Å². The predicted octanol–water partition coefficient (Wildman–Crippen LogP) is 1.89. The smallest absolute Gasteiger partial charge is 0.175 e. The zero-order chi connectivity index (χ0) is 16.4. The van der Waals surface area contributed by atoms with E-state index in [1.54, 1.807) is 36.6 Å². The van der Waals surface area contributed by atoms with Crippen LogP contribution in [0.25, 0.3) is 0 Å². The average Bonchev–Trinajstić information content (AvgIpc) is 2.90. The molecule has 0 fully saturated rings. The summed E-state index contributed by atoms with van der Waals surface area (Å²) >= 11 is 1.58. The van der Waals surface area contributed by atoms with Gasteiger partial charge in [-0.15, -0.1) is 11.3 Å². The molecule has 1 unspecified atom stereocenters. The van der Waals surface area contributed by atoms with E-state index in [4.69, 9.17) is 0 Å². The molecule has 5 nitrogen and oxygen atoms in total. The van der Waals surface area contributed by atoms with Crippen molar-refractivity contribution in [1.82, 2.24) is 9.88 Å². The predicted molar refractivity (Wildman–Crippen MR) is 87.6 cm³/mol. The highest BCUT2D eigenvalue weighted by molar-refractivity contribution is 7.90. The van der Waals surface area contributed by atoms with Crippen LogP contribution < -0.4 is 0 Å². The van der Waals surface area contributed by atoms with Gasteiger partial charge in [-0.05, 0) is 31.7 Å². The van der Waals surface area contributed by atoms with E-state index in [0.29, 0.717) is 18.7 Å². The first-order valence-electron chi connectivity index (χ1n) is 6.78. The van der Waals surface area contributed by atoms with Crippen LogP contribution in [-0.4, -0.2) is 43.3 Å². The number of benzene rings is 1. The summed E-state index contributed by atoms with van der Waals surface area (Å²) in [5.41, 5.74) is -0.381. The van der Waals surface area contributed by atoms with Gasteiger partial charge in [-0.2, -0.15) is 0 Å². The van der Waals surface area contributed by atoms with E-state index in [9.17, 15) is 13.5 Å². The van der Waals surface area contributed by atoms with E-state index in [1.165, 1.54) is 18.4 Å². The Morgan fingerprint density at radius 2 is 1.95 bits per heavy atom. The highest BCUT2D eigenvalue weighted by atomic mass is 32.2. The number of aromatic nitrogens is 1. The minimum absolute atomic E-state index is 0.253. The van der Waals surface area contributed by atoms with Gasteiger partial charge in [0.15, 0.2) is 9.84 Å². The summed E-state index contributed by atoms with van der Waals surface area (Å²) < 4.78 is 22.9. The SMILES string of the molecule is CN(Cc1nccs1)CC(C)(O)c1ccc(S(C)(=O)=O)cc1. The van der Waals surface area contributed by atoms with Crippen molar-refractivity contribution in [3.05, 3.63) is 46.4 Å². The largest absolute Gasteiger partial charge is 0.384 e. The number of sulfone groups is 1. The third-order valence-corrected chi connectivity index (χ3v) is 5.26. The Morgan fingerprint density at radius 3 is 2.45 bits per heavy atom. The van der Waals surface area contributed by atoms with E-state index in [-0.39, 0.29) is 4.90 Å². The van der Waals surface area contributed by atoms with Gasteiger partial charge in [0.2, 0.25) is 0 Å². The van der Waals surface area contributed by atoms with Crippen LogP contribution in [0.15, 0.2) is 40.7 Å². The molecule has 2 rings (SSSR count). The van der Waals surface area contributed by atoms with Crippen molar-refractivity contribution in [3.63, 3.8) is 0 Å². The molecule has 0 amide bonds. The second-order valence-corrected chi connectivity index (χ2v) is 8.66. The molecule has 0 aliphatic rings. The zero-order valence-electron chi connectivity index (χ0n) is 12.9. The van der Waals surface area contributed by atoms with Gasteiger partial charge in [0.25, 0.3) is 0 Å². The van der Waals surface area contributed by atoms with Gasteiger partial charge in [0.1, 0.15) is 5.01 Å². The number of hydrogen-bond acceptors (Lipinski definition) is 6. The van der Waals surface area contributed by atoms with E-state index < -0.39 is 15.4 Å². The lowest BCUT2D eigenvalue weighted by atomic mass is 9.95. The summed E-state index contributed by atoms with van der Waals surface area (Å²) in [6.07, 6.45) is 2.93. The average molecular weight is 340 g/mol. The molecule has 22 heavy (non-hydrogen) atoms. The first kappa shape index (κ1) is 17.1. The van der Waals surface area contributed by atoms with Crippen molar-refractivity contribution in [2.75, 3.05) is 19.8 Å². The number of rotatable bonds is 6. The lowest BCUT2D eigenvalue weighted by molar-refractivity contribution is 0.0213. The number of likely N-dealkylation sites (N-methyl/N-ethyl adjacent to an activating group) is 1. The quantitative estimate of drug-likeness (QED) is 0.869. The normalized spacial score (nSPS) is 15.0. The monoisotopic (exact) mass is 340 g/mol. The first-order chi connectivity index (χ1) is 10.2. The maximum atomic E-state index is 11.5. The van der Waals surface area contributed by atoms with Crippen LogP contribution in [0.3, 0.4) is 0 Å².